The fourth-order valence-electron chi connectivity index (χ4n) is 3.77. The van der Waals surface area contributed by atoms with Gasteiger partial charge in [0.15, 0.2) is 22.9 Å². The molecule has 1 aromatic heterocycles. The molecular formula is C23H20N4O5S. The van der Waals surface area contributed by atoms with Gasteiger partial charge in [-0.15, -0.1) is 0 Å². The maximum absolute atomic E-state index is 12.5. The van der Waals surface area contributed by atoms with Crippen molar-refractivity contribution in [2.24, 2.45) is 4.99 Å². The zero-order valence-corrected chi connectivity index (χ0v) is 18.7. The van der Waals surface area contributed by atoms with Gasteiger partial charge in [-0.1, -0.05) is 18.2 Å². The standard InChI is InChI=1S/C23H20N4O5S/c1-27-13-17(15-10-11-24-20(15)23(27)28)16-8-9-18-21(22(16)31-14-6-4-3-5-7-14)26-19(32-18)12-25-33(2,29)30/h3-11,13,20,25H,12H2,1-2H3. The second-order valence-corrected chi connectivity index (χ2v) is 9.55. The molecule has 1 atom stereocenters. The van der Waals surface area contributed by atoms with Crippen molar-refractivity contribution in [1.29, 1.82) is 0 Å². The number of nitrogens with zero attached hydrogens (tertiary/aromatic N) is 3. The highest BCUT2D eigenvalue weighted by Gasteiger charge is 2.35. The Morgan fingerprint density at radius 1 is 1.18 bits per heavy atom. The van der Waals surface area contributed by atoms with E-state index in [4.69, 9.17) is 9.15 Å². The van der Waals surface area contributed by atoms with Crippen LogP contribution < -0.4 is 9.46 Å². The molecule has 1 N–H and O–H groups in total. The average molecular weight is 465 g/mol. The summed E-state index contributed by atoms with van der Waals surface area (Å²) in [5.74, 6) is 1.13. The summed E-state index contributed by atoms with van der Waals surface area (Å²) in [7, 11) is -1.73. The molecule has 5 rings (SSSR count). The van der Waals surface area contributed by atoms with E-state index < -0.39 is 16.1 Å². The molecule has 0 fully saturated rings. The molecule has 0 spiro atoms. The lowest BCUT2D eigenvalue weighted by atomic mass is 9.90. The van der Waals surface area contributed by atoms with Crippen LogP contribution in [0.5, 0.6) is 11.5 Å². The molecule has 0 bridgehead atoms. The minimum Gasteiger partial charge on any atom is -0.454 e. The van der Waals surface area contributed by atoms with Crippen LogP contribution in [0, 0.1) is 0 Å². The molecule has 10 heteroatoms. The number of hydrogen-bond donors (Lipinski definition) is 1. The topological polar surface area (TPSA) is 114 Å². The van der Waals surface area contributed by atoms with Crippen molar-refractivity contribution in [2.75, 3.05) is 13.3 Å². The molecule has 3 aromatic rings. The Labute approximate surface area is 190 Å². The summed E-state index contributed by atoms with van der Waals surface area (Å²) in [5.41, 5.74) is 3.16. The van der Waals surface area contributed by atoms with Gasteiger partial charge < -0.3 is 14.1 Å². The number of hydrogen-bond acceptors (Lipinski definition) is 7. The van der Waals surface area contributed by atoms with Gasteiger partial charge in [-0.25, -0.2) is 18.1 Å². The van der Waals surface area contributed by atoms with Gasteiger partial charge in [0.1, 0.15) is 5.75 Å². The first-order chi connectivity index (χ1) is 15.8. The van der Waals surface area contributed by atoms with Crippen LogP contribution in [0.1, 0.15) is 11.5 Å². The van der Waals surface area contributed by atoms with E-state index in [-0.39, 0.29) is 18.3 Å². The molecule has 2 aliphatic rings. The SMILES string of the molecule is CN1C=C(c2ccc3oc(CNS(C)(=O)=O)nc3c2Oc2ccccc2)C2=CC=NC2C1=O. The van der Waals surface area contributed by atoms with Crippen molar-refractivity contribution in [3.63, 3.8) is 0 Å². The number of carbonyl (C=O) groups excluding carboxylic acids is 1. The van der Waals surface area contributed by atoms with Crippen LogP contribution in [-0.4, -0.2) is 49.8 Å². The van der Waals surface area contributed by atoms with E-state index in [1.54, 1.807) is 25.5 Å². The molecular weight excluding hydrogens is 444 g/mol. The second kappa shape index (κ2) is 7.98. The second-order valence-electron chi connectivity index (χ2n) is 7.72. The number of sulfonamides is 1. The molecule has 168 valence electrons. The lowest BCUT2D eigenvalue weighted by Gasteiger charge is -2.27. The van der Waals surface area contributed by atoms with Crippen LogP contribution in [-0.2, 0) is 21.4 Å². The number of likely N-dealkylation sites (N-methyl/N-ethyl adjacent to an activating group) is 1. The van der Waals surface area contributed by atoms with E-state index in [0.29, 0.717) is 28.2 Å². The van der Waals surface area contributed by atoms with E-state index in [9.17, 15) is 13.2 Å². The van der Waals surface area contributed by atoms with Crippen LogP contribution in [0.15, 0.2) is 69.7 Å². The maximum atomic E-state index is 12.5. The van der Waals surface area contributed by atoms with Gasteiger partial charge in [0.2, 0.25) is 15.9 Å². The predicted molar refractivity (Wildman–Crippen MR) is 123 cm³/mol. The van der Waals surface area contributed by atoms with Crippen LogP contribution in [0.25, 0.3) is 16.7 Å². The quantitative estimate of drug-likeness (QED) is 0.600. The van der Waals surface area contributed by atoms with Crippen molar-refractivity contribution in [3.8, 4) is 11.5 Å². The van der Waals surface area contributed by atoms with Crippen molar-refractivity contribution >= 4 is 38.8 Å². The number of para-hydroxylation sites is 1. The normalized spacial score (nSPS) is 17.8. The number of rotatable bonds is 6. The molecule has 2 aliphatic heterocycles. The maximum Gasteiger partial charge on any atom is 0.255 e. The molecule has 0 radical (unpaired) electrons. The summed E-state index contributed by atoms with van der Waals surface area (Å²) < 4.78 is 37.4. The molecule has 9 nitrogen and oxygen atoms in total. The van der Waals surface area contributed by atoms with Crippen LogP contribution in [0.2, 0.25) is 0 Å². The number of amides is 1. The Bertz CT molecular complexity index is 1450. The highest BCUT2D eigenvalue weighted by Crippen LogP contribution is 2.42. The van der Waals surface area contributed by atoms with Gasteiger partial charge in [-0.2, -0.15) is 0 Å². The Morgan fingerprint density at radius 2 is 1.97 bits per heavy atom. The van der Waals surface area contributed by atoms with E-state index in [1.165, 1.54) is 4.90 Å². The van der Waals surface area contributed by atoms with Gasteiger partial charge in [-0.05, 0) is 35.9 Å². The molecule has 0 saturated heterocycles. The summed E-state index contributed by atoms with van der Waals surface area (Å²) in [4.78, 5) is 22.9. The Morgan fingerprint density at radius 3 is 2.73 bits per heavy atom. The molecule has 0 aliphatic carbocycles. The molecule has 1 unspecified atom stereocenters. The summed E-state index contributed by atoms with van der Waals surface area (Å²) >= 11 is 0. The van der Waals surface area contributed by atoms with Gasteiger partial charge in [0.05, 0.1) is 12.8 Å². The van der Waals surface area contributed by atoms with Crippen LogP contribution in [0.4, 0.5) is 0 Å². The third-order valence-corrected chi connectivity index (χ3v) is 5.97. The Balaban J connectivity index is 1.66. The summed E-state index contributed by atoms with van der Waals surface area (Å²) in [6.07, 6.45) is 6.28. The average Bonchev–Trinajstić information content (AvgIpc) is 3.43. The van der Waals surface area contributed by atoms with E-state index in [2.05, 4.69) is 14.7 Å². The summed E-state index contributed by atoms with van der Waals surface area (Å²) in [6, 6.07) is 12.2. The van der Waals surface area contributed by atoms with E-state index in [0.717, 1.165) is 17.4 Å². The molecule has 3 heterocycles. The monoisotopic (exact) mass is 464 g/mol. The van der Waals surface area contributed by atoms with E-state index >= 15 is 0 Å². The number of carbonyl (C=O) groups is 1. The third-order valence-electron chi connectivity index (χ3n) is 5.30. The minimum atomic E-state index is -3.41. The van der Waals surface area contributed by atoms with Gasteiger partial charge in [-0.3, -0.25) is 9.79 Å². The number of oxazole rings is 1. The first-order valence-electron chi connectivity index (χ1n) is 10.1. The zero-order chi connectivity index (χ0) is 23.2. The number of aliphatic imine (C=N–C) groups is 1. The molecule has 33 heavy (non-hydrogen) atoms. The zero-order valence-electron chi connectivity index (χ0n) is 17.8. The minimum absolute atomic E-state index is 0.0887. The number of ether oxygens (including phenoxy) is 1. The molecule has 2 aromatic carbocycles. The largest absolute Gasteiger partial charge is 0.454 e. The predicted octanol–water partition coefficient (Wildman–Crippen LogP) is 2.86. The summed E-state index contributed by atoms with van der Waals surface area (Å²) in [6.45, 7) is -0.0887. The van der Waals surface area contributed by atoms with Crippen molar-refractivity contribution in [3.05, 3.63) is 71.8 Å². The fourth-order valence-corrected chi connectivity index (χ4v) is 4.16. The van der Waals surface area contributed by atoms with E-state index in [1.807, 2.05) is 42.5 Å². The molecule has 1 amide bonds. The first-order valence-corrected chi connectivity index (χ1v) is 12.0. The van der Waals surface area contributed by atoms with Crippen LogP contribution in [0.3, 0.4) is 0 Å². The van der Waals surface area contributed by atoms with Crippen molar-refractivity contribution in [2.45, 2.75) is 12.6 Å². The number of nitrogens with one attached hydrogen (secondary N) is 1. The van der Waals surface area contributed by atoms with Crippen LogP contribution >= 0.6 is 0 Å². The number of aromatic nitrogens is 1. The lowest BCUT2D eigenvalue weighted by molar-refractivity contribution is -0.128. The lowest BCUT2D eigenvalue weighted by Crippen LogP contribution is -2.36. The highest BCUT2D eigenvalue weighted by atomic mass is 32.2. The van der Waals surface area contributed by atoms with Gasteiger partial charge >= 0.3 is 0 Å². The number of fused-ring (bicyclic) bond motifs is 2. The van der Waals surface area contributed by atoms with Gasteiger partial charge in [0, 0.05) is 30.6 Å². The Hall–Kier alpha value is -3.76. The van der Waals surface area contributed by atoms with Gasteiger partial charge in [0.25, 0.3) is 5.91 Å². The number of benzene rings is 2. The first kappa shape index (κ1) is 21.1. The van der Waals surface area contributed by atoms with Crippen molar-refractivity contribution < 1.29 is 22.4 Å². The molecule has 0 saturated carbocycles. The van der Waals surface area contributed by atoms with Crippen molar-refractivity contribution in [1.82, 2.24) is 14.6 Å². The fraction of sp³-hybridized carbons (Fsp3) is 0.174. The Kier molecular flexibility index (Phi) is 5.10. The number of allylic oxidation sites excluding steroid dienone is 1. The smallest absolute Gasteiger partial charge is 0.255 e. The summed E-state index contributed by atoms with van der Waals surface area (Å²) in [5, 5.41) is 0. The third kappa shape index (κ3) is 4.06. The highest BCUT2D eigenvalue weighted by molar-refractivity contribution is 7.88.